The maximum Gasteiger partial charge on any atom is 0.335 e. The lowest BCUT2D eigenvalue weighted by Gasteiger charge is -2.06. The van der Waals surface area contributed by atoms with Gasteiger partial charge in [0.1, 0.15) is 5.75 Å². The number of aromatic hydroxyl groups is 1. The Hall–Kier alpha value is -2.34. The Labute approximate surface area is 116 Å². The van der Waals surface area contributed by atoms with E-state index >= 15 is 0 Å². The number of carboxylic acids is 1. The zero-order chi connectivity index (χ0) is 14.8. The Bertz CT molecular complexity index is 732. The molecule has 0 aliphatic rings. The average Bonchev–Trinajstić information content (AvgIpc) is 2.41. The van der Waals surface area contributed by atoms with Crippen molar-refractivity contribution in [1.29, 1.82) is 0 Å². The lowest BCUT2D eigenvalue weighted by atomic mass is 10.2. The van der Waals surface area contributed by atoms with Crippen molar-refractivity contribution in [3.05, 3.63) is 59.7 Å². The van der Waals surface area contributed by atoms with E-state index in [9.17, 15) is 13.2 Å². The van der Waals surface area contributed by atoms with Crippen LogP contribution in [0, 0.1) is 0 Å². The lowest BCUT2D eigenvalue weighted by molar-refractivity contribution is 0.0696. The molecule has 0 fully saturated rings. The Balaban J connectivity index is 2.33. The van der Waals surface area contributed by atoms with E-state index in [1.807, 2.05) is 0 Å². The molecule has 0 aromatic heterocycles. The molecule has 0 radical (unpaired) electrons. The van der Waals surface area contributed by atoms with E-state index in [1.165, 1.54) is 42.5 Å². The molecule has 0 heterocycles. The number of benzene rings is 2. The molecular formula is C14H12O5S. The second-order valence-electron chi connectivity index (χ2n) is 4.26. The van der Waals surface area contributed by atoms with Crippen molar-refractivity contribution in [2.75, 3.05) is 0 Å². The summed E-state index contributed by atoms with van der Waals surface area (Å²) < 4.78 is 24.4. The minimum Gasteiger partial charge on any atom is -0.508 e. The summed E-state index contributed by atoms with van der Waals surface area (Å²) in [6.07, 6.45) is 0. The zero-order valence-corrected chi connectivity index (χ0v) is 11.2. The van der Waals surface area contributed by atoms with Gasteiger partial charge in [0.15, 0.2) is 9.84 Å². The summed E-state index contributed by atoms with van der Waals surface area (Å²) in [7, 11) is -3.63. The summed E-state index contributed by atoms with van der Waals surface area (Å²) in [5, 5.41) is 18.0. The number of sulfone groups is 1. The van der Waals surface area contributed by atoms with Crippen LogP contribution < -0.4 is 0 Å². The number of rotatable bonds is 4. The summed E-state index contributed by atoms with van der Waals surface area (Å²) in [4.78, 5) is 10.8. The third-order valence-electron chi connectivity index (χ3n) is 2.73. The molecule has 5 nitrogen and oxygen atoms in total. The van der Waals surface area contributed by atoms with E-state index in [2.05, 4.69) is 0 Å². The van der Waals surface area contributed by atoms with Gasteiger partial charge in [-0.05, 0) is 35.9 Å². The van der Waals surface area contributed by atoms with Gasteiger partial charge in [0.25, 0.3) is 0 Å². The zero-order valence-electron chi connectivity index (χ0n) is 10.4. The smallest absolute Gasteiger partial charge is 0.335 e. The first-order valence-electron chi connectivity index (χ1n) is 5.72. The first-order chi connectivity index (χ1) is 9.38. The van der Waals surface area contributed by atoms with Gasteiger partial charge < -0.3 is 10.2 Å². The first kappa shape index (κ1) is 14.1. The number of phenolic OH excluding ortho intramolecular Hbond substituents is 1. The fraction of sp³-hybridized carbons (Fsp3) is 0.0714. The molecule has 0 aliphatic heterocycles. The van der Waals surface area contributed by atoms with E-state index in [1.54, 1.807) is 0 Å². The molecule has 0 aliphatic carbocycles. The molecule has 2 aromatic rings. The maximum absolute atomic E-state index is 12.2. The quantitative estimate of drug-likeness (QED) is 0.900. The van der Waals surface area contributed by atoms with E-state index in [4.69, 9.17) is 10.2 Å². The van der Waals surface area contributed by atoms with Gasteiger partial charge in [-0.1, -0.05) is 18.2 Å². The highest BCUT2D eigenvalue weighted by atomic mass is 32.2. The first-order valence-corrected chi connectivity index (χ1v) is 7.38. The molecule has 20 heavy (non-hydrogen) atoms. The highest BCUT2D eigenvalue weighted by Crippen LogP contribution is 2.19. The Morgan fingerprint density at radius 2 is 1.70 bits per heavy atom. The number of carbonyl (C=O) groups is 1. The molecule has 2 rings (SSSR count). The van der Waals surface area contributed by atoms with Crippen molar-refractivity contribution in [3.8, 4) is 5.75 Å². The third-order valence-corrected chi connectivity index (χ3v) is 4.42. The monoisotopic (exact) mass is 292 g/mol. The van der Waals surface area contributed by atoms with Gasteiger partial charge in [-0.2, -0.15) is 0 Å². The lowest BCUT2D eigenvalue weighted by Crippen LogP contribution is -2.06. The fourth-order valence-corrected chi connectivity index (χ4v) is 3.11. The van der Waals surface area contributed by atoms with Gasteiger partial charge in [0, 0.05) is 0 Å². The third kappa shape index (κ3) is 3.16. The standard InChI is InChI=1S/C14H12O5S/c15-12-6-4-10(5-7-12)9-20(18,19)13-3-1-2-11(8-13)14(16)17/h1-8,15H,9H2,(H,16,17). The van der Waals surface area contributed by atoms with E-state index in [0.29, 0.717) is 5.56 Å². The van der Waals surface area contributed by atoms with Crippen LogP contribution in [0.2, 0.25) is 0 Å². The molecule has 0 bridgehead atoms. The Morgan fingerprint density at radius 3 is 2.30 bits per heavy atom. The van der Waals surface area contributed by atoms with Crippen LogP contribution in [0.5, 0.6) is 5.75 Å². The van der Waals surface area contributed by atoms with Crippen LogP contribution in [0.4, 0.5) is 0 Å². The number of carboxylic acid groups (broad SMARTS) is 1. The van der Waals surface area contributed by atoms with Crippen molar-refractivity contribution >= 4 is 15.8 Å². The number of phenols is 1. The van der Waals surface area contributed by atoms with Gasteiger partial charge in [0.2, 0.25) is 0 Å². The molecule has 0 amide bonds. The van der Waals surface area contributed by atoms with Gasteiger partial charge in [0.05, 0.1) is 16.2 Å². The maximum atomic E-state index is 12.2. The average molecular weight is 292 g/mol. The molecule has 0 saturated carbocycles. The molecule has 6 heteroatoms. The van der Waals surface area contributed by atoms with Crippen LogP contribution in [0.15, 0.2) is 53.4 Å². The summed E-state index contributed by atoms with van der Waals surface area (Å²) in [6.45, 7) is 0. The van der Waals surface area contributed by atoms with Crippen LogP contribution in [-0.4, -0.2) is 24.6 Å². The van der Waals surface area contributed by atoms with Crippen molar-refractivity contribution in [1.82, 2.24) is 0 Å². The summed E-state index contributed by atoms with van der Waals surface area (Å²) in [5.74, 6) is -1.37. The SMILES string of the molecule is O=C(O)c1cccc(S(=O)(=O)Cc2ccc(O)cc2)c1. The van der Waals surface area contributed by atoms with Gasteiger partial charge in [-0.3, -0.25) is 0 Å². The molecule has 2 N–H and O–H groups in total. The van der Waals surface area contributed by atoms with Crippen LogP contribution in [-0.2, 0) is 15.6 Å². The van der Waals surface area contributed by atoms with Crippen LogP contribution >= 0.6 is 0 Å². The highest BCUT2D eigenvalue weighted by molar-refractivity contribution is 7.90. The van der Waals surface area contributed by atoms with Gasteiger partial charge >= 0.3 is 5.97 Å². The van der Waals surface area contributed by atoms with Crippen LogP contribution in [0.1, 0.15) is 15.9 Å². The number of hydrogen-bond acceptors (Lipinski definition) is 4. The molecule has 2 aromatic carbocycles. The summed E-state index contributed by atoms with van der Waals surface area (Å²) >= 11 is 0. The molecule has 0 saturated heterocycles. The van der Waals surface area contributed by atoms with Gasteiger partial charge in [-0.25, -0.2) is 13.2 Å². The second kappa shape index (κ2) is 5.34. The van der Waals surface area contributed by atoms with Crippen molar-refractivity contribution in [3.63, 3.8) is 0 Å². The van der Waals surface area contributed by atoms with Crippen molar-refractivity contribution < 1.29 is 23.4 Å². The topological polar surface area (TPSA) is 91.7 Å². The number of hydrogen-bond donors (Lipinski definition) is 2. The van der Waals surface area contributed by atoms with E-state index in [0.717, 1.165) is 6.07 Å². The highest BCUT2D eigenvalue weighted by Gasteiger charge is 2.17. The Kier molecular flexibility index (Phi) is 3.76. The predicted octanol–water partition coefficient (Wildman–Crippen LogP) is 2.06. The van der Waals surface area contributed by atoms with E-state index in [-0.39, 0.29) is 22.0 Å². The predicted molar refractivity (Wildman–Crippen MR) is 72.4 cm³/mol. The largest absolute Gasteiger partial charge is 0.508 e. The van der Waals surface area contributed by atoms with Gasteiger partial charge in [-0.15, -0.1) is 0 Å². The normalized spacial score (nSPS) is 11.2. The molecular weight excluding hydrogens is 280 g/mol. The van der Waals surface area contributed by atoms with E-state index < -0.39 is 15.8 Å². The minimum atomic E-state index is -3.63. The fourth-order valence-electron chi connectivity index (χ4n) is 1.72. The van der Waals surface area contributed by atoms with Crippen molar-refractivity contribution in [2.24, 2.45) is 0 Å². The Morgan fingerprint density at radius 1 is 1.05 bits per heavy atom. The number of aromatic carboxylic acids is 1. The van der Waals surface area contributed by atoms with Crippen LogP contribution in [0.3, 0.4) is 0 Å². The molecule has 0 atom stereocenters. The second-order valence-corrected chi connectivity index (χ2v) is 6.25. The van der Waals surface area contributed by atoms with Crippen LogP contribution in [0.25, 0.3) is 0 Å². The molecule has 104 valence electrons. The minimum absolute atomic E-state index is 0.0366. The van der Waals surface area contributed by atoms with Crippen molar-refractivity contribution in [2.45, 2.75) is 10.6 Å². The summed E-state index contributed by atoms with van der Waals surface area (Å²) in [5.41, 5.74) is 0.445. The summed E-state index contributed by atoms with van der Waals surface area (Å²) in [6, 6.07) is 11.0. The molecule has 0 unspecified atom stereocenters. The molecule has 0 spiro atoms.